The van der Waals surface area contributed by atoms with Gasteiger partial charge in [-0.25, -0.2) is 0 Å². The first-order chi connectivity index (χ1) is 5.91. The van der Waals surface area contributed by atoms with Crippen LogP contribution in [0.25, 0.3) is 0 Å². The van der Waals surface area contributed by atoms with E-state index in [4.69, 9.17) is 5.73 Å². The van der Waals surface area contributed by atoms with Gasteiger partial charge in [0, 0.05) is 18.4 Å². The third-order valence-corrected chi connectivity index (χ3v) is 1.61. The van der Waals surface area contributed by atoms with E-state index in [1.165, 1.54) is 6.20 Å². The maximum Gasteiger partial charge on any atom is 0.417 e. The molecule has 72 valence electrons. The molecule has 1 heterocycles. The van der Waals surface area contributed by atoms with Crippen molar-refractivity contribution in [3.8, 4) is 0 Å². The largest absolute Gasteiger partial charge is 0.417 e. The van der Waals surface area contributed by atoms with Gasteiger partial charge in [0.05, 0.1) is 5.56 Å². The Bertz CT molecular complexity index is 294. The summed E-state index contributed by atoms with van der Waals surface area (Å²) in [6.45, 7) is 1.61. The first-order valence-electron chi connectivity index (χ1n) is 3.69. The molecular weight excluding hydrogens is 181 g/mol. The monoisotopic (exact) mass is 190 g/mol. The quantitative estimate of drug-likeness (QED) is 0.736. The van der Waals surface area contributed by atoms with Gasteiger partial charge in [-0.3, -0.25) is 4.98 Å². The predicted octanol–water partition coefficient (Wildman–Crippen LogP) is 2.12. The Morgan fingerprint density at radius 1 is 1.38 bits per heavy atom. The number of pyridine rings is 1. The van der Waals surface area contributed by atoms with Gasteiger partial charge in [0.25, 0.3) is 0 Å². The van der Waals surface area contributed by atoms with E-state index < -0.39 is 17.8 Å². The molecule has 0 saturated carbocycles. The second-order valence-corrected chi connectivity index (χ2v) is 2.79. The lowest BCUT2D eigenvalue weighted by Gasteiger charge is -2.09. The van der Waals surface area contributed by atoms with Crippen LogP contribution in [-0.4, -0.2) is 4.98 Å². The number of nitrogens with zero attached hydrogens (tertiary/aromatic N) is 1. The molecule has 0 aromatic carbocycles. The lowest BCUT2D eigenvalue weighted by atomic mass is 10.1. The van der Waals surface area contributed by atoms with Gasteiger partial charge in [-0.1, -0.05) is 0 Å². The van der Waals surface area contributed by atoms with Crippen LogP contribution in [-0.2, 0) is 6.18 Å². The van der Waals surface area contributed by atoms with Crippen LogP contribution in [0.4, 0.5) is 13.2 Å². The number of hydrogen-bond donors (Lipinski definition) is 1. The Kier molecular flexibility index (Phi) is 2.56. The summed E-state index contributed by atoms with van der Waals surface area (Å²) in [5.74, 6) is 0. The van der Waals surface area contributed by atoms with Gasteiger partial charge in [0.15, 0.2) is 0 Å². The number of aromatic nitrogens is 1. The maximum absolute atomic E-state index is 12.2. The fraction of sp³-hybridized carbons (Fsp3) is 0.375. The highest BCUT2D eigenvalue weighted by Crippen LogP contribution is 2.29. The third kappa shape index (κ3) is 2.42. The molecule has 0 spiro atoms. The summed E-state index contributed by atoms with van der Waals surface area (Å²) < 4.78 is 36.5. The van der Waals surface area contributed by atoms with E-state index in [-0.39, 0.29) is 0 Å². The first-order valence-corrected chi connectivity index (χ1v) is 3.69. The molecule has 0 aliphatic rings. The lowest BCUT2D eigenvalue weighted by molar-refractivity contribution is -0.137. The third-order valence-electron chi connectivity index (χ3n) is 1.61. The Morgan fingerprint density at radius 2 is 2.00 bits per heavy atom. The van der Waals surface area contributed by atoms with Gasteiger partial charge in [-0.15, -0.1) is 0 Å². The summed E-state index contributed by atoms with van der Waals surface area (Å²) in [7, 11) is 0. The molecule has 2 nitrogen and oxygen atoms in total. The van der Waals surface area contributed by atoms with E-state index in [0.717, 1.165) is 12.3 Å². The molecule has 0 aliphatic heterocycles. The molecule has 2 N–H and O–H groups in total. The minimum atomic E-state index is -4.35. The first kappa shape index (κ1) is 9.98. The van der Waals surface area contributed by atoms with Crippen LogP contribution >= 0.6 is 0 Å². The van der Waals surface area contributed by atoms with Crippen molar-refractivity contribution in [2.75, 3.05) is 0 Å². The second kappa shape index (κ2) is 3.33. The topological polar surface area (TPSA) is 38.9 Å². The lowest BCUT2D eigenvalue weighted by Crippen LogP contribution is -2.10. The summed E-state index contributed by atoms with van der Waals surface area (Å²) in [4.78, 5) is 3.47. The summed E-state index contributed by atoms with van der Waals surface area (Å²) in [5.41, 5.74) is 5.04. The number of alkyl halides is 3. The molecule has 0 unspecified atom stereocenters. The molecule has 1 rings (SSSR count). The van der Waals surface area contributed by atoms with Gasteiger partial charge in [-0.05, 0) is 18.6 Å². The minimum absolute atomic E-state index is 0.384. The molecule has 0 bridgehead atoms. The van der Waals surface area contributed by atoms with Gasteiger partial charge in [0.1, 0.15) is 0 Å². The second-order valence-electron chi connectivity index (χ2n) is 2.79. The maximum atomic E-state index is 12.2. The van der Waals surface area contributed by atoms with E-state index in [2.05, 4.69) is 4.98 Å². The highest BCUT2D eigenvalue weighted by molar-refractivity contribution is 5.22. The van der Waals surface area contributed by atoms with Crippen molar-refractivity contribution < 1.29 is 13.2 Å². The van der Waals surface area contributed by atoms with E-state index in [9.17, 15) is 13.2 Å². The SMILES string of the molecule is C[C@@H](N)c1cncc(C(F)(F)F)c1. The Hall–Kier alpha value is -1.10. The normalized spacial score (nSPS) is 14.2. The number of nitrogens with two attached hydrogens (primary N) is 1. The summed E-state index contributed by atoms with van der Waals surface area (Å²) >= 11 is 0. The fourth-order valence-electron chi connectivity index (χ4n) is 0.862. The van der Waals surface area contributed by atoms with Crippen molar-refractivity contribution in [3.05, 3.63) is 29.6 Å². The van der Waals surface area contributed by atoms with Crippen molar-refractivity contribution >= 4 is 0 Å². The predicted molar refractivity (Wildman–Crippen MR) is 41.8 cm³/mol. The summed E-state index contributed by atoms with van der Waals surface area (Å²) in [6, 6.07) is 0.576. The van der Waals surface area contributed by atoms with Crippen LogP contribution in [0, 0.1) is 0 Å². The molecule has 1 aromatic heterocycles. The number of rotatable bonds is 1. The molecule has 5 heteroatoms. The minimum Gasteiger partial charge on any atom is -0.324 e. The highest BCUT2D eigenvalue weighted by atomic mass is 19.4. The molecule has 0 amide bonds. The van der Waals surface area contributed by atoms with Crippen molar-refractivity contribution in [2.24, 2.45) is 5.73 Å². The van der Waals surface area contributed by atoms with Gasteiger partial charge in [-0.2, -0.15) is 13.2 Å². The summed E-state index contributed by atoms with van der Waals surface area (Å²) in [5, 5.41) is 0. The van der Waals surface area contributed by atoms with Crippen molar-refractivity contribution in [2.45, 2.75) is 19.1 Å². The number of halogens is 3. The van der Waals surface area contributed by atoms with Crippen LogP contribution in [0.15, 0.2) is 18.5 Å². The zero-order valence-corrected chi connectivity index (χ0v) is 6.97. The molecule has 1 aromatic rings. The van der Waals surface area contributed by atoms with Gasteiger partial charge < -0.3 is 5.73 Å². The Balaban J connectivity index is 3.06. The average molecular weight is 190 g/mol. The molecule has 0 saturated heterocycles. The molecule has 0 radical (unpaired) electrons. The zero-order valence-electron chi connectivity index (χ0n) is 6.97. The fourth-order valence-corrected chi connectivity index (χ4v) is 0.862. The van der Waals surface area contributed by atoms with Crippen LogP contribution in [0.2, 0.25) is 0 Å². The van der Waals surface area contributed by atoms with Gasteiger partial charge >= 0.3 is 6.18 Å². The Labute approximate surface area is 73.6 Å². The molecule has 0 aliphatic carbocycles. The van der Waals surface area contributed by atoms with Crippen LogP contribution < -0.4 is 5.73 Å². The van der Waals surface area contributed by atoms with Gasteiger partial charge in [0.2, 0.25) is 0 Å². The number of hydrogen-bond acceptors (Lipinski definition) is 2. The molecule has 0 fully saturated rings. The van der Waals surface area contributed by atoms with Crippen molar-refractivity contribution in [3.63, 3.8) is 0 Å². The standard InChI is InChI=1S/C8H9F3N2/c1-5(12)6-2-7(4-13-3-6)8(9,10)11/h2-5H,12H2,1H3/t5-/m1/s1. The Morgan fingerprint density at radius 3 is 2.46 bits per heavy atom. The van der Waals surface area contributed by atoms with Crippen molar-refractivity contribution in [1.82, 2.24) is 4.98 Å². The zero-order chi connectivity index (χ0) is 10.1. The molecule has 13 heavy (non-hydrogen) atoms. The van der Waals surface area contributed by atoms with E-state index in [1.54, 1.807) is 6.92 Å². The van der Waals surface area contributed by atoms with Crippen molar-refractivity contribution in [1.29, 1.82) is 0 Å². The highest BCUT2D eigenvalue weighted by Gasteiger charge is 2.31. The molecule has 1 atom stereocenters. The van der Waals surface area contributed by atoms with Crippen LogP contribution in [0.1, 0.15) is 24.1 Å². The molecular formula is C8H9F3N2. The van der Waals surface area contributed by atoms with Crippen LogP contribution in [0.3, 0.4) is 0 Å². The smallest absolute Gasteiger partial charge is 0.324 e. The van der Waals surface area contributed by atoms with E-state index in [0.29, 0.717) is 5.56 Å². The van der Waals surface area contributed by atoms with E-state index in [1.807, 2.05) is 0 Å². The van der Waals surface area contributed by atoms with Crippen LogP contribution in [0.5, 0.6) is 0 Å². The summed E-state index contributed by atoms with van der Waals surface area (Å²) in [6.07, 6.45) is -2.23. The van der Waals surface area contributed by atoms with E-state index >= 15 is 0 Å². The average Bonchev–Trinajstić information content (AvgIpc) is 2.03.